The van der Waals surface area contributed by atoms with E-state index in [1.807, 2.05) is 19.1 Å². The second kappa shape index (κ2) is 11.1. The Hall–Kier alpha value is -1.53. The van der Waals surface area contributed by atoms with Crippen LogP contribution < -0.4 is 4.74 Å². The summed E-state index contributed by atoms with van der Waals surface area (Å²) in [7, 11) is 0. The molecule has 7 heteroatoms. The molecule has 0 amide bonds. The van der Waals surface area contributed by atoms with Gasteiger partial charge in [0.25, 0.3) is 0 Å². The number of hydrogen-bond acceptors (Lipinski definition) is 3. The van der Waals surface area contributed by atoms with Gasteiger partial charge in [0.15, 0.2) is 6.61 Å². The number of hydrogen-bond donors (Lipinski definition) is 1. The Morgan fingerprint density at radius 1 is 1.25 bits per heavy atom. The predicted octanol–water partition coefficient (Wildman–Crippen LogP) is 7.83. The average molecular weight is 542 g/mol. The van der Waals surface area contributed by atoms with Gasteiger partial charge in [-0.3, -0.25) is 0 Å². The number of aliphatic carboxylic acids is 1. The second-order valence-electron chi connectivity index (χ2n) is 8.22. The lowest BCUT2D eigenvalue weighted by Gasteiger charge is -2.43. The van der Waals surface area contributed by atoms with E-state index in [-0.39, 0.29) is 24.0 Å². The van der Waals surface area contributed by atoms with Crippen LogP contribution in [0.1, 0.15) is 56.3 Å². The first-order valence-corrected chi connectivity index (χ1v) is 12.2. The quantitative estimate of drug-likeness (QED) is 0.346. The molecule has 0 saturated carbocycles. The van der Waals surface area contributed by atoms with Crippen molar-refractivity contribution in [2.24, 2.45) is 5.92 Å². The maximum absolute atomic E-state index is 11.2. The Bertz CT molecular complexity index is 977. The number of carboxylic acid groups (broad SMARTS) is 1. The van der Waals surface area contributed by atoms with Crippen LogP contribution in [0.25, 0.3) is 0 Å². The van der Waals surface area contributed by atoms with Gasteiger partial charge >= 0.3 is 5.97 Å². The molecule has 4 nitrogen and oxygen atoms in total. The third-order valence-corrected chi connectivity index (χ3v) is 6.89. The first-order valence-electron chi connectivity index (χ1n) is 10.6. The highest BCUT2D eigenvalue weighted by Gasteiger charge is 2.41. The van der Waals surface area contributed by atoms with E-state index >= 15 is 0 Å². The van der Waals surface area contributed by atoms with Crippen LogP contribution in [0.4, 0.5) is 0 Å². The lowest BCUT2D eigenvalue weighted by molar-refractivity contribution is -0.139. The summed E-state index contributed by atoms with van der Waals surface area (Å²) in [6, 6.07) is 11.4. The van der Waals surface area contributed by atoms with Crippen LogP contribution in [-0.2, 0) is 9.53 Å². The van der Waals surface area contributed by atoms with Gasteiger partial charge < -0.3 is 14.6 Å². The van der Waals surface area contributed by atoms with E-state index < -0.39 is 12.6 Å². The number of ether oxygens (including phenoxy) is 2. The predicted molar refractivity (Wildman–Crippen MR) is 132 cm³/mol. The van der Waals surface area contributed by atoms with Crippen LogP contribution in [0, 0.1) is 5.92 Å². The third kappa shape index (κ3) is 5.88. The van der Waals surface area contributed by atoms with Gasteiger partial charge in [-0.2, -0.15) is 0 Å². The summed E-state index contributed by atoms with van der Waals surface area (Å²) in [5.74, 6) is -0.420. The summed E-state index contributed by atoms with van der Waals surface area (Å²) >= 11 is 16.0. The molecule has 0 radical (unpaired) electrons. The van der Waals surface area contributed by atoms with Crippen molar-refractivity contribution in [1.29, 1.82) is 0 Å². The Kier molecular flexibility index (Phi) is 8.68. The molecule has 0 aliphatic carbocycles. The zero-order chi connectivity index (χ0) is 23.4. The molecule has 1 fully saturated rings. The molecule has 32 heavy (non-hydrogen) atoms. The molecule has 2 aromatic carbocycles. The summed E-state index contributed by atoms with van der Waals surface area (Å²) in [6.45, 7) is 7.92. The minimum Gasteiger partial charge on any atom is -0.480 e. The van der Waals surface area contributed by atoms with Crippen molar-refractivity contribution < 1.29 is 19.4 Å². The lowest BCUT2D eigenvalue weighted by Crippen LogP contribution is -2.36. The van der Waals surface area contributed by atoms with E-state index in [4.69, 9.17) is 37.8 Å². The van der Waals surface area contributed by atoms with Crippen molar-refractivity contribution in [1.82, 2.24) is 0 Å². The first-order chi connectivity index (χ1) is 15.2. The van der Waals surface area contributed by atoms with Crippen molar-refractivity contribution in [2.45, 2.75) is 51.2 Å². The molecule has 2 aromatic rings. The molecular weight excluding hydrogens is 515 g/mol. The molecule has 1 N–H and O–H groups in total. The van der Waals surface area contributed by atoms with Crippen LogP contribution >= 0.6 is 39.1 Å². The SMILES string of the molecule is C=C(C)[C@@H]1C[C@@H](c2ccc(Cl)cc2)[C@@H](CCC)O[C@H]1c1cc(Cl)cc(Br)c1OCC(=O)O. The summed E-state index contributed by atoms with van der Waals surface area (Å²) in [5, 5.41) is 10.4. The van der Waals surface area contributed by atoms with E-state index in [2.05, 4.69) is 41.6 Å². The molecule has 0 unspecified atom stereocenters. The number of rotatable bonds is 8. The Labute approximate surface area is 207 Å². The number of carboxylic acids is 1. The minimum absolute atomic E-state index is 0.00123. The monoisotopic (exact) mass is 540 g/mol. The van der Waals surface area contributed by atoms with Gasteiger partial charge in [0, 0.05) is 27.4 Å². The minimum atomic E-state index is -1.05. The van der Waals surface area contributed by atoms with Crippen molar-refractivity contribution in [2.75, 3.05) is 6.61 Å². The Morgan fingerprint density at radius 2 is 1.94 bits per heavy atom. The molecule has 1 heterocycles. The molecule has 0 bridgehead atoms. The van der Waals surface area contributed by atoms with Gasteiger partial charge in [-0.15, -0.1) is 0 Å². The van der Waals surface area contributed by atoms with E-state index in [0.29, 0.717) is 20.3 Å². The van der Waals surface area contributed by atoms with Crippen LogP contribution in [0.15, 0.2) is 53.0 Å². The van der Waals surface area contributed by atoms with Crippen molar-refractivity contribution >= 4 is 45.1 Å². The summed E-state index contributed by atoms with van der Waals surface area (Å²) in [4.78, 5) is 11.2. The molecule has 0 spiro atoms. The highest BCUT2D eigenvalue weighted by molar-refractivity contribution is 9.10. The number of carbonyl (C=O) groups is 1. The van der Waals surface area contributed by atoms with Gasteiger partial charge in [-0.1, -0.05) is 60.8 Å². The van der Waals surface area contributed by atoms with E-state index in [9.17, 15) is 4.79 Å². The molecule has 1 aliphatic rings. The van der Waals surface area contributed by atoms with Crippen molar-refractivity contribution in [3.05, 3.63) is 74.2 Å². The highest BCUT2D eigenvalue weighted by Crippen LogP contribution is 2.50. The molecule has 0 aromatic heterocycles. The fourth-order valence-electron chi connectivity index (χ4n) is 4.37. The summed E-state index contributed by atoms with van der Waals surface area (Å²) in [5.41, 5.74) is 2.91. The number of halogens is 3. The van der Waals surface area contributed by atoms with Gasteiger partial charge in [0.1, 0.15) is 5.75 Å². The largest absolute Gasteiger partial charge is 0.480 e. The first kappa shape index (κ1) is 25.1. The maximum Gasteiger partial charge on any atom is 0.341 e. The lowest BCUT2D eigenvalue weighted by atomic mass is 9.74. The molecular formula is C25H27BrCl2O4. The summed E-state index contributed by atoms with van der Waals surface area (Å²) in [6.07, 6.45) is 2.33. The van der Waals surface area contributed by atoms with Gasteiger partial charge in [-0.25, -0.2) is 4.79 Å². The normalized spacial score (nSPS) is 23.0. The zero-order valence-corrected chi connectivity index (χ0v) is 21.2. The van der Waals surface area contributed by atoms with Gasteiger partial charge in [-0.05, 0) is 65.5 Å². The highest BCUT2D eigenvalue weighted by atomic mass is 79.9. The standard InChI is InChI=1S/C25H27BrCl2O4/c1-4-5-22-19(15-6-8-16(27)9-7-15)12-18(14(2)3)24(32-22)20-10-17(28)11-21(26)25(20)31-13-23(29)30/h6-11,18-19,22,24H,2,4-5,12-13H2,1,3H3,(H,29,30)/t18-,19-,22+,24+/m0/s1. The fourth-order valence-corrected chi connectivity index (χ4v) is 5.44. The smallest absolute Gasteiger partial charge is 0.341 e. The Morgan fingerprint density at radius 3 is 2.53 bits per heavy atom. The Balaban J connectivity index is 2.04. The average Bonchev–Trinajstić information content (AvgIpc) is 2.73. The van der Waals surface area contributed by atoms with Crippen molar-refractivity contribution in [3.8, 4) is 5.75 Å². The van der Waals surface area contributed by atoms with E-state index in [1.165, 1.54) is 5.56 Å². The van der Waals surface area contributed by atoms with Crippen LogP contribution in [0.2, 0.25) is 10.0 Å². The van der Waals surface area contributed by atoms with Crippen LogP contribution in [-0.4, -0.2) is 23.8 Å². The zero-order valence-electron chi connectivity index (χ0n) is 18.1. The molecule has 1 saturated heterocycles. The van der Waals surface area contributed by atoms with Crippen LogP contribution in [0.3, 0.4) is 0 Å². The van der Waals surface area contributed by atoms with E-state index in [0.717, 1.165) is 30.4 Å². The van der Waals surface area contributed by atoms with Gasteiger partial charge in [0.2, 0.25) is 0 Å². The van der Waals surface area contributed by atoms with Gasteiger partial charge in [0.05, 0.1) is 16.7 Å². The summed E-state index contributed by atoms with van der Waals surface area (Å²) < 4.78 is 13.0. The van der Waals surface area contributed by atoms with E-state index in [1.54, 1.807) is 12.1 Å². The molecule has 4 atom stereocenters. The maximum atomic E-state index is 11.2. The fraction of sp³-hybridized carbons (Fsp3) is 0.400. The van der Waals surface area contributed by atoms with Crippen LogP contribution in [0.5, 0.6) is 5.75 Å². The molecule has 172 valence electrons. The molecule has 3 rings (SSSR count). The molecule has 1 aliphatic heterocycles. The topological polar surface area (TPSA) is 55.8 Å². The van der Waals surface area contributed by atoms with Crippen molar-refractivity contribution in [3.63, 3.8) is 0 Å². The second-order valence-corrected chi connectivity index (χ2v) is 9.95. The number of benzene rings is 2. The third-order valence-electron chi connectivity index (χ3n) is 5.83.